The number of amides is 2. The third kappa shape index (κ3) is 3.37. The normalized spacial score (nSPS) is 17.1. The van der Waals surface area contributed by atoms with E-state index in [-0.39, 0.29) is 23.6 Å². The number of rotatable bonds is 4. The minimum Gasteiger partial charge on any atom is -0.508 e. The number of aromatic hydroxyl groups is 2. The van der Waals surface area contributed by atoms with E-state index in [0.717, 1.165) is 11.1 Å². The van der Waals surface area contributed by atoms with Crippen molar-refractivity contribution in [2.24, 2.45) is 0 Å². The fourth-order valence-corrected chi connectivity index (χ4v) is 3.00. The minimum absolute atomic E-state index is 0.127. The maximum atomic E-state index is 12.0. The number of phenolic OH excluding ortho intramolecular Hbond substituents is 2. The van der Waals surface area contributed by atoms with E-state index in [1.165, 1.54) is 28.4 Å². The van der Waals surface area contributed by atoms with Crippen LogP contribution >= 0.6 is 11.3 Å². The van der Waals surface area contributed by atoms with Crippen LogP contribution in [-0.4, -0.2) is 41.4 Å². The molecule has 2 heterocycles. The second kappa shape index (κ2) is 6.17. The highest BCUT2D eigenvalue weighted by molar-refractivity contribution is 7.14. The van der Waals surface area contributed by atoms with Crippen LogP contribution in [0.5, 0.6) is 11.5 Å². The standard InChI is InChI=1S/C15H14N2O5S/c18-10-4-9(5-11(19)6-10)14(20)16-7-12-8-17(15(21)22-12)13-2-1-3-23-13/h1-6,12,18-19H,7-8H2,(H,16,20). The Morgan fingerprint density at radius 2 is 2.09 bits per heavy atom. The molecule has 1 aliphatic rings. The van der Waals surface area contributed by atoms with Gasteiger partial charge in [-0.15, -0.1) is 11.3 Å². The molecule has 2 aromatic rings. The first-order chi connectivity index (χ1) is 11.0. The van der Waals surface area contributed by atoms with Gasteiger partial charge in [0.15, 0.2) is 0 Å². The number of carbonyl (C=O) groups excluding carboxylic acids is 2. The predicted octanol–water partition coefficient (Wildman–Crippen LogP) is 1.91. The number of phenols is 2. The van der Waals surface area contributed by atoms with Crippen LogP contribution in [0.3, 0.4) is 0 Å². The summed E-state index contributed by atoms with van der Waals surface area (Å²) in [5.74, 6) is -0.876. The second-order valence-corrected chi connectivity index (χ2v) is 5.94. The number of anilines is 1. The van der Waals surface area contributed by atoms with Gasteiger partial charge in [-0.1, -0.05) is 0 Å². The van der Waals surface area contributed by atoms with E-state index in [1.807, 2.05) is 17.5 Å². The Kier molecular flexibility index (Phi) is 4.07. The highest BCUT2D eigenvalue weighted by Gasteiger charge is 2.33. The summed E-state index contributed by atoms with van der Waals surface area (Å²) in [5, 5.41) is 24.0. The average molecular weight is 334 g/mol. The van der Waals surface area contributed by atoms with Crippen LogP contribution in [0.25, 0.3) is 0 Å². The Hall–Kier alpha value is -2.74. The van der Waals surface area contributed by atoms with E-state index < -0.39 is 18.1 Å². The Labute approximate surface area is 135 Å². The molecule has 3 N–H and O–H groups in total. The molecule has 1 fully saturated rings. The van der Waals surface area contributed by atoms with Gasteiger partial charge < -0.3 is 20.3 Å². The maximum Gasteiger partial charge on any atom is 0.415 e. The molecule has 8 heteroatoms. The molecule has 1 aliphatic heterocycles. The second-order valence-electron chi connectivity index (χ2n) is 5.02. The summed E-state index contributed by atoms with van der Waals surface area (Å²) in [4.78, 5) is 25.3. The Bertz CT molecular complexity index is 711. The fourth-order valence-electron chi connectivity index (χ4n) is 2.27. The number of hydrogen-bond donors (Lipinski definition) is 3. The minimum atomic E-state index is -0.471. The lowest BCUT2D eigenvalue weighted by molar-refractivity contribution is 0.0915. The first kappa shape index (κ1) is 15.2. The number of thiophene rings is 1. The molecule has 0 saturated carbocycles. The van der Waals surface area contributed by atoms with Gasteiger partial charge in [-0.05, 0) is 29.6 Å². The molecule has 23 heavy (non-hydrogen) atoms. The predicted molar refractivity (Wildman–Crippen MR) is 84.0 cm³/mol. The summed E-state index contributed by atoms with van der Waals surface area (Å²) in [5.41, 5.74) is 0.127. The molecule has 0 bridgehead atoms. The zero-order valence-electron chi connectivity index (χ0n) is 11.9. The highest BCUT2D eigenvalue weighted by atomic mass is 32.1. The van der Waals surface area contributed by atoms with Crippen molar-refractivity contribution in [2.75, 3.05) is 18.0 Å². The number of ether oxygens (including phenoxy) is 1. The molecule has 1 aromatic carbocycles. The van der Waals surface area contributed by atoms with E-state index in [4.69, 9.17) is 4.74 Å². The third-order valence-corrected chi connectivity index (χ3v) is 4.19. The zero-order valence-corrected chi connectivity index (χ0v) is 12.7. The third-order valence-electron chi connectivity index (χ3n) is 3.30. The largest absolute Gasteiger partial charge is 0.508 e. The van der Waals surface area contributed by atoms with Crippen LogP contribution in [0.4, 0.5) is 9.80 Å². The summed E-state index contributed by atoms with van der Waals surface area (Å²) in [6.07, 6.45) is -0.902. The molecule has 1 aromatic heterocycles. The highest BCUT2D eigenvalue weighted by Crippen LogP contribution is 2.26. The van der Waals surface area contributed by atoms with Crippen LogP contribution in [-0.2, 0) is 4.74 Å². The molecular formula is C15H14N2O5S. The molecule has 1 unspecified atom stereocenters. The van der Waals surface area contributed by atoms with Crippen molar-refractivity contribution < 1.29 is 24.5 Å². The first-order valence-corrected chi connectivity index (χ1v) is 7.74. The van der Waals surface area contributed by atoms with Gasteiger partial charge >= 0.3 is 6.09 Å². The summed E-state index contributed by atoms with van der Waals surface area (Å²) in [6, 6.07) is 7.29. The quantitative estimate of drug-likeness (QED) is 0.793. The van der Waals surface area contributed by atoms with Gasteiger partial charge in [0, 0.05) is 11.6 Å². The Balaban J connectivity index is 1.58. The first-order valence-electron chi connectivity index (χ1n) is 6.86. The number of hydrogen-bond acceptors (Lipinski definition) is 6. The van der Waals surface area contributed by atoms with E-state index in [1.54, 1.807) is 0 Å². The molecule has 1 saturated heterocycles. The summed E-state index contributed by atoms with van der Waals surface area (Å²) >= 11 is 1.43. The molecule has 0 aliphatic carbocycles. The van der Waals surface area contributed by atoms with Crippen molar-refractivity contribution in [1.82, 2.24) is 5.32 Å². The number of carbonyl (C=O) groups is 2. The Morgan fingerprint density at radius 3 is 2.74 bits per heavy atom. The van der Waals surface area contributed by atoms with Crippen molar-refractivity contribution in [1.29, 1.82) is 0 Å². The van der Waals surface area contributed by atoms with Gasteiger partial charge in [-0.2, -0.15) is 0 Å². The monoisotopic (exact) mass is 334 g/mol. The lowest BCUT2D eigenvalue weighted by atomic mass is 10.2. The van der Waals surface area contributed by atoms with Gasteiger partial charge in [0.05, 0.1) is 13.1 Å². The molecule has 0 spiro atoms. The maximum absolute atomic E-state index is 12.0. The number of benzene rings is 1. The lowest BCUT2D eigenvalue weighted by Crippen LogP contribution is -2.34. The van der Waals surface area contributed by atoms with Crippen molar-refractivity contribution in [3.63, 3.8) is 0 Å². The van der Waals surface area contributed by atoms with E-state index >= 15 is 0 Å². The molecular weight excluding hydrogens is 320 g/mol. The van der Waals surface area contributed by atoms with Crippen LogP contribution < -0.4 is 10.2 Å². The van der Waals surface area contributed by atoms with Crippen LogP contribution in [0, 0.1) is 0 Å². The smallest absolute Gasteiger partial charge is 0.415 e. The average Bonchev–Trinajstić information content (AvgIpc) is 3.12. The van der Waals surface area contributed by atoms with Crippen molar-refractivity contribution in [3.8, 4) is 11.5 Å². The van der Waals surface area contributed by atoms with Crippen LogP contribution in [0.1, 0.15) is 10.4 Å². The molecule has 7 nitrogen and oxygen atoms in total. The number of cyclic esters (lactones) is 1. The van der Waals surface area contributed by atoms with E-state index in [0.29, 0.717) is 6.54 Å². The summed E-state index contributed by atoms with van der Waals surface area (Å²) < 4.78 is 5.21. The van der Waals surface area contributed by atoms with Gasteiger partial charge in [0.2, 0.25) is 0 Å². The van der Waals surface area contributed by atoms with Gasteiger partial charge in [-0.25, -0.2) is 4.79 Å². The lowest BCUT2D eigenvalue weighted by Gasteiger charge is -2.11. The molecule has 120 valence electrons. The van der Waals surface area contributed by atoms with Gasteiger partial charge in [0.25, 0.3) is 5.91 Å². The molecule has 0 radical (unpaired) electrons. The van der Waals surface area contributed by atoms with Crippen LogP contribution in [0.15, 0.2) is 35.7 Å². The summed E-state index contributed by atoms with van der Waals surface area (Å²) in [6.45, 7) is 0.494. The molecule has 1 atom stereocenters. The Morgan fingerprint density at radius 1 is 1.35 bits per heavy atom. The van der Waals surface area contributed by atoms with Crippen LogP contribution in [0.2, 0.25) is 0 Å². The van der Waals surface area contributed by atoms with Gasteiger partial charge in [0.1, 0.15) is 22.6 Å². The van der Waals surface area contributed by atoms with Crippen molar-refractivity contribution in [3.05, 3.63) is 41.3 Å². The number of nitrogens with zero attached hydrogens (tertiary/aromatic N) is 1. The number of nitrogens with one attached hydrogen (secondary N) is 1. The van der Waals surface area contributed by atoms with Crippen molar-refractivity contribution in [2.45, 2.75) is 6.10 Å². The van der Waals surface area contributed by atoms with E-state index in [9.17, 15) is 19.8 Å². The van der Waals surface area contributed by atoms with Crippen molar-refractivity contribution >= 4 is 28.3 Å². The topological polar surface area (TPSA) is 99.1 Å². The van der Waals surface area contributed by atoms with Gasteiger partial charge in [-0.3, -0.25) is 9.69 Å². The fraction of sp³-hybridized carbons (Fsp3) is 0.200. The summed E-state index contributed by atoms with van der Waals surface area (Å²) in [7, 11) is 0. The molecule has 3 rings (SSSR count). The van der Waals surface area contributed by atoms with E-state index in [2.05, 4.69) is 5.32 Å². The molecule has 2 amide bonds. The SMILES string of the molecule is O=C(NCC1CN(c2cccs2)C(=O)O1)c1cc(O)cc(O)c1. The zero-order chi connectivity index (χ0) is 16.4.